The van der Waals surface area contributed by atoms with Gasteiger partial charge >= 0.3 is 0 Å². The Hall–Kier alpha value is -0.640. The lowest BCUT2D eigenvalue weighted by atomic mass is 10.1. The fourth-order valence-electron chi connectivity index (χ4n) is 2.24. The van der Waals surface area contributed by atoms with Crippen LogP contribution in [0.15, 0.2) is 28.7 Å². The van der Waals surface area contributed by atoms with Crippen LogP contribution in [-0.4, -0.2) is 6.54 Å². The summed E-state index contributed by atoms with van der Waals surface area (Å²) in [7, 11) is 0. The fraction of sp³-hybridized carbons (Fsp3) is 0.375. The Labute approximate surface area is 128 Å². The number of aryl methyl sites for hydroxylation is 2. The van der Waals surface area contributed by atoms with Gasteiger partial charge < -0.3 is 5.32 Å². The summed E-state index contributed by atoms with van der Waals surface area (Å²) in [5.74, 6) is 0. The molecule has 102 valence electrons. The Kier molecular flexibility index (Phi) is 4.82. The Morgan fingerprint density at radius 2 is 1.84 bits per heavy atom. The maximum atomic E-state index is 3.63. The average molecular weight is 338 g/mol. The topological polar surface area (TPSA) is 12.0 Å². The summed E-state index contributed by atoms with van der Waals surface area (Å²) in [6.07, 6.45) is 0. The van der Waals surface area contributed by atoms with Crippen LogP contribution < -0.4 is 5.32 Å². The van der Waals surface area contributed by atoms with Gasteiger partial charge in [0.15, 0.2) is 0 Å². The SMILES string of the molecule is CCNC(C)c1ccc(-c2cc(C)c(Br)c(C)c2)s1. The molecule has 1 N–H and O–H groups in total. The minimum absolute atomic E-state index is 0.432. The van der Waals surface area contributed by atoms with Crippen molar-refractivity contribution < 1.29 is 0 Å². The predicted molar refractivity (Wildman–Crippen MR) is 89.0 cm³/mol. The van der Waals surface area contributed by atoms with Gasteiger partial charge in [0.1, 0.15) is 0 Å². The zero-order valence-corrected chi connectivity index (χ0v) is 14.3. The molecule has 0 saturated carbocycles. The van der Waals surface area contributed by atoms with Gasteiger partial charge in [0.05, 0.1) is 0 Å². The lowest BCUT2D eigenvalue weighted by Crippen LogP contribution is -2.16. The van der Waals surface area contributed by atoms with Gasteiger partial charge in [-0.2, -0.15) is 0 Å². The highest BCUT2D eigenvalue weighted by Gasteiger charge is 2.10. The molecule has 1 heterocycles. The molecule has 0 aliphatic carbocycles. The van der Waals surface area contributed by atoms with E-state index in [2.05, 4.69) is 73.2 Å². The molecular weight excluding hydrogens is 318 g/mol. The third-order valence-electron chi connectivity index (χ3n) is 3.28. The standard InChI is InChI=1S/C16H20BrNS/c1-5-18-12(4)14-6-7-15(19-14)13-8-10(2)16(17)11(3)9-13/h6-9,12,18H,5H2,1-4H3. The van der Waals surface area contributed by atoms with Gasteiger partial charge in [-0.05, 0) is 68.3 Å². The predicted octanol–water partition coefficient (Wildman–Crippen LogP) is 5.46. The molecule has 0 bridgehead atoms. The van der Waals surface area contributed by atoms with Crippen LogP contribution in [0.2, 0.25) is 0 Å². The molecule has 0 fully saturated rings. The maximum Gasteiger partial charge on any atom is 0.0386 e. The zero-order valence-electron chi connectivity index (χ0n) is 11.9. The fourth-order valence-corrected chi connectivity index (χ4v) is 3.49. The smallest absolute Gasteiger partial charge is 0.0386 e. The molecule has 3 heteroatoms. The van der Waals surface area contributed by atoms with E-state index in [1.54, 1.807) is 0 Å². The molecular formula is C16H20BrNS. The monoisotopic (exact) mass is 337 g/mol. The first-order valence-corrected chi connectivity index (χ1v) is 8.24. The molecule has 0 saturated heterocycles. The van der Waals surface area contributed by atoms with E-state index in [-0.39, 0.29) is 0 Å². The first-order chi connectivity index (χ1) is 9.02. The molecule has 0 amide bonds. The van der Waals surface area contributed by atoms with Gasteiger partial charge in [-0.3, -0.25) is 0 Å². The van der Waals surface area contributed by atoms with E-state index >= 15 is 0 Å². The summed E-state index contributed by atoms with van der Waals surface area (Å²) in [6.45, 7) is 9.67. The number of nitrogens with one attached hydrogen (secondary N) is 1. The third-order valence-corrected chi connectivity index (χ3v) is 5.85. The number of thiophene rings is 1. The van der Waals surface area contributed by atoms with Crippen molar-refractivity contribution >= 4 is 27.3 Å². The zero-order chi connectivity index (χ0) is 14.0. The van der Waals surface area contributed by atoms with Gasteiger partial charge in [0.2, 0.25) is 0 Å². The highest BCUT2D eigenvalue weighted by molar-refractivity contribution is 9.10. The summed E-state index contributed by atoms with van der Waals surface area (Å²) >= 11 is 5.51. The van der Waals surface area contributed by atoms with Crippen molar-refractivity contribution in [3.8, 4) is 10.4 Å². The van der Waals surface area contributed by atoms with Crippen LogP contribution in [0.5, 0.6) is 0 Å². The Bertz CT molecular complexity index is 551. The van der Waals surface area contributed by atoms with Crippen molar-refractivity contribution in [1.82, 2.24) is 5.32 Å². The molecule has 2 aromatic rings. The molecule has 1 atom stereocenters. The van der Waals surface area contributed by atoms with Crippen molar-refractivity contribution in [2.75, 3.05) is 6.54 Å². The van der Waals surface area contributed by atoms with Crippen molar-refractivity contribution in [3.63, 3.8) is 0 Å². The highest BCUT2D eigenvalue weighted by atomic mass is 79.9. The number of hydrogen-bond acceptors (Lipinski definition) is 2. The first-order valence-electron chi connectivity index (χ1n) is 6.63. The molecule has 1 unspecified atom stereocenters. The van der Waals surface area contributed by atoms with E-state index in [4.69, 9.17) is 0 Å². The molecule has 19 heavy (non-hydrogen) atoms. The Morgan fingerprint density at radius 1 is 1.21 bits per heavy atom. The molecule has 0 aliphatic heterocycles. The minimum Gasteiger partial charge on any atom is -0.310 e. The van der Waals surface area contributed by atoms with Crippen LogP contribution in [0.3, 0.4) is 0 Å². The van der Waals surface area contributed by atoms with E-state index in [0.29, 0.717) is 6.04 Å². The van der Waals surface area contributed by atoms with E-state index < -0.39 is 0 Å². The van der Waals surface area contributed by atoms with E-state index in [1.807, 2.05) is 11.3 Å². The van der Waals surface area contributed by atoms with Gasteiger partial charge in [0, 0.05) is 20.3 Å². The normalized spacial score (nSPS) is 12.7. The number of benzene rings is 1. The van der Waals surface area contributed by atoms with Crippen LogP contribution in [0.4, 0.5) is 0 Å². The molecule has 0 spiro atoms. The summed E-state index contributed by atoms with van der Waals surface area (Å²) in [6, 6.07) is 9.41. The van der Waals surface area contributed by atoms with Gasteiger partial charge in [-0.1, -0.05) is 22.9 Å². The second-order valence-corrected chi connectivity index (χ2v) is 6.81. The lowest BCUT2D eigenvalue weighted by molar-refractivity contribution is 0.607. The molecule has 1 nitrogen and oxygen atoms in total. The van der Waals surface area contributed by atoms with Gasteiger partial charge in [-0.15, -0.1) is 11.3 Å². The minimum atomic E-state index is 0.432. The van der Waals surface area contributed by atoms with E-state index in [0.717, 1.165) is 6.54 Å². The quantitative estimate of drug-likeness (QED) is 0.780. The van der Waals surface area contributed by atoms with Crippen molar-refractivity contribution in [3.05, 3.63) is 44.7 Å². The lowest BCUT2D eigenvalue weighted by Gasteiger charge is -2.09. The summed E-state index contributed by atoms with van der Waals surface area (Å²) < 4.78 is 1.22. The second-order valence-electron chi connectivity index (χ2n) is 4.91. The van der Waals surface area contributed by atoms with Crippen LogP contribution in [0, 0.1) is 13.8 Å². The average Bonchev–Trinajstić information content (AvgIpc) is 2.85. The number of hydrogen-bond donors (Lipinski definition) is 1. The Morgan fingerprint density at radius 3 is 2.42 bits per heavy atom. The first kappa shape index (κ1) is 14.8. The molecule has 0 radical (unpaired) electrons. The summed E-state index contributed by atoms with van der Waals surface area (Å²) in [4.78, 5) is 2.74. The molecule has 2 rings (SSSR count). The summed E-state index contributed by atoms with van der Waals surface area (Å²) in [5, 5.41) is 3.46. The van der Waals surface area contributed by atoms with E-state index in [9.17, 15) is 0 Å². The molecule has 1 aromatic carbocycles. The van der Waals surface area contributed by atoms with Crippen LogP contribution >= 0.6 is 27.3 Å². The maximum absolute atomic E-state index is 3.63. The number of rotatable bonds is 4. The van der Waals surface area contributed by atoms with E-state index in [1.165, 1.54) is 30.9 Å². The van der Waals surface area contributed by atoms with Gasteiger partial charge in [-0.25, -0.2) is 0 Å². The van der Waals surface area contributed by atoms with Crippen LogP contribution in [0.25, 0.3) is 10.4 Å². The van der Waals surface area contributed by atoms with Crippen LogP contribution in [0.1, 0.15) is 35.9 Å². The molecule has 1 aromatic heterocycles. The summed E-state index contributed by atoms with van der Waals surface area (Å²) in [5.41, 5.74) is 3.91. The third kappa shape index (κ3) is 3.28. The molecule has 0 aliphatic rings. The van der Waals surface area contributed by atoms with Crippen molar-refractivity contribution in [1.29, 1.82) is 0 Å². The van der Waals surface area contributed by atoms with Crippen LogP contribution in [-0.2, 0) is 0 Å². The van der Waals surface area contributed by atoms with Gasteiger partial charge in [0.25, 0.3) is 0 Å². The Balaban J connectivity index is 2.33. The second kappa shape index (κ2) is 6.21. The number of halogens is 1. The van der Waals surface area contributed by atoms with Crippen molar-refractivity contribution in [2.24, 2.45) is 0 Å². The largest absolute Gasteiger partial charge is 0.310 e. The van der Waals surface area contributed by atoms with Crippen molar-refractivity contribution in [2.45, 2.75) is 33.7 Å². The highest BCUT2D eigenvalue weighted by Crippen LogP contribution is 2.34.